The van der Waals surface area contributed by atoms with Crippen molar-refractivity contribution in [2.45, 2.75) is 38.1 Å². The smallest absolute Gasteiger partial charge is 0.251 e. The summed E-state index contributed by atoms with van der Waals surface area (Å²) in [5.41, 5.74) is 0.782. The standard InChI is InChI=1S/C16H19N3O3/c1-11-17-14(19-22-11)12-5-4-6-13(9-12)15(21)18-16(10-20)7-2-3-8-16/h4-6,9,20H,2-3,7-8,10H2,1H3,(H,18,21). The van der Waals surface area contributed by atoms with Crippen molar-refractivity contribution in [3.8, 4) is 11.4 Å². The van der Waals surface area contributed by atoms with Gasteiger partial charge >= 0.3 is 0 Å². The minimum Gasteiger partial charge on any atom is -0.394 e. The van der Waals surface area contributed by atoms with Crippen molar-refractivity contribution in [1.82, 2.24) is 15.5 Å². The minimum absolute atomic E-state index is 0.0253. The first-order valence-corrected chi connectivity index (χ1v) is 7.46. The van der Waals surface area contributed by atoms with Gasteiger partial charge in [-0.3, -0.25) is 4.79 Å². The highest BCUT2D eigenvalue weighted by molar-refractivity contribution is 5.95. The molecule has 116 valence electrons. The second kappa shape index (κ2) is 5.88. The van der Waals surface area contributed by atoms with E-state index in [2.05, 4.69) is 15.5 Å². The fraction of sp³-hybridized carbons (Fsp3) is 0.438. The number of aromatic nitrogens is 2. The lowest BCUT2D eigenvalue weighted by atomic mass is 9.98. The van der Waals surface area contributed by atoms with Crippen molar-refractivity contribution in [1.29, 1.82) is 0 Å². The van der Waals surface area contributed by atoms with Gasteiger partial charge in [-0.15, -0.1) is 0 Å². The molecule has 0 spiro atoms. The third-order valence-electron chi connectivity index (χ3n) is 4.15. The average Bonchev–Trinajstić information content (AvgIpc) is 3.17. The number of aliphatic hydroxyl groups is 1. The average molecular weight is 301 g/mol. The summed E-state index contributed by atoms with van der Waals surface area (Å²) in [6.45, 7) is 1.70. The quantitative estimate of drug-likeness (QED) is 0.902. The highest BCUT2D eigenvalue weighted by Crippen LogP contribution is 2.29. The molecule has 0 unspecified atom stereocenters. The van der Waals surface area contributed by atoms with Crippen LogP contribution in [0.25, 0.3) is 11.4 Å². The molecule has 1 amide bonds. The summed E-state index contributed by atoms with van der Waals surface area (Å²) in [4.78, 5) is 16.6. The van der Waals surface area contributed by atoms with E-state index in [-0.39, 0.29) is 12.5 Å². The van der Waals surface area contributed by atoms with Gasteiger partial charge in [0.2, 0.25) is 11.7 Å². The first kappa shape index (κ1) is 14.7. The van der Waals surface area contributed by atoms with Gasteiger partial charge in [0.15, 0.2) is 0 Å². The molecule has 0 saturated heterocycles. The lowest BCUT2D eigenvalue weighted by Crippen LogP contribution is -2.49. The Balaban J connectivity index is 1.81. The third-order valence-corrected chi connectivity index (χ3v) is 4.15. The minimum atomic E-state index is -0.476. The topological polar surface area (TPSA) is 88.2 Å². The number of hydrogen-bond acceptors (Lipinski definition) is 5. The van der Waals surface area contributed by atoms with E-state index in [1.807, 2.05) is 6.07 Å². The Labute approximate surface area is 128 Å². The van der Waals surface area contributed by atoms with Crippen LogP contribution in [0.15, 0.2) is 28.8 Å². The summed E-state index contributed by atoms with van der Waals surface area (Å²) < 4.78 is 4.97. The number of carbonyl (C=O) groups is 1. The van der Waals surface area contributed by atoms with E-state index in [9.17, 15) is 9.90 Å². The van der Waals surface area contributed by atoms with Crippen LogP contribution in [0.4, 0.5) is 0 Å². The second-order valence-electron chi connectivity index (χ2n) is 5.82. The molecule has 3 rings (SSSR count). The maximum atomic E-state index is 12.5. The fourth-order valence-corrected chi connectivity index (χ4v) is 2.90. The van der Waals surface area contributed by atoms with Crippen LogP contribution in [0.3, 0.4) is 0 Å². The SMILES string of the molecule is Cc1nc(-c2cccc(C(=O)NC3(CO)CCCC3)c2)no1. The van der Waals surface area contributed by atoms with E-state index in [4.69, 9.17) is 4.52 Å². The van der Waals surface area contributed by atoms with Crippen LogP contribution in [0, 0.1) is 6.92 Å². The van der Waals surface area contributed by atoms with Gasteiger partial charge < -0.3 is 14.9 Å². The van der Waals surface area contributed by atoms with Crippen molar-refractivity contribution in [3.63, 3.8) is 0 Å². The summed E-state index contributed by atoms with van der Waals surface area (Å²) in [6.07, 6.45) is 3.70. The Bertz CT molecular complexity index is 675. The molecule has 0 radical (unpaired) electrons. The lowest BCUT2D eigenvalue weighted by molar-refractivity contribution is 0.0838. The molecule has 2 N–H and O–H groups in total. The molecule has 1 aromatic carbocycles. The Morgan fingerprint density at radius 1 is 1.41 bits per heavy atom. The first-order chi connectivity index (χ1) is 10.6. The van der Waals surface area contributed by atoms with Gasteiger partial charge in [0.25, 0.3) is 5.91 Å². The van der Waals surface area contributed by atoms with Crippen LogP contribution in [0.5, 0.6) is 0 Å². The zero-order valence-corrected chi connectivity index (χ0v) is 12.5. The van der Waals surface area contributed by atoms with E-state index in [0.29, 0.717) is 17.3 Å². The van der Waals surface area contributed by atoms with Gasteiger partial charge in [-0.25, -0.2) is 0 Å². The summed E-state index contributed by atoms with van der Waals surface area (Å²) >= 11 is 0. The van der Waals surface area contributed by atoms with Crippen LogP contribution in [0.2, 0.25) is 0 Å². The second-order valence-corrected chi connectivity index (χ2v) is 5.82. The van der Waals surface area contributed by atoms with Gasteiger partial charge in [0, 0.05) is 18.1 Å². The van der Waals surface area contributed by atoms with E-state index >= 15 is 0 Å². The van der Waals surface area contributed by atoms with Gasteiger partial charge in [-0.05, 0) is 25.0 Å². The molecule has 1 heterocycles. The van der Waals surface area contributed by atoms with Crippen molar-refractivity contribution in [3.05, 3.63) is 35.7 Å². The van der Waals surface area contributed by atoms with Crippen molar-refractivity contribution in [2.75, 3.05) is 6.61 Å². The predicted octanol–water partition coefficient (Wildman–Crippen LogP) is 2.08. The molecule has 6 heteroatoms. The Morgan fingerprint density at radius 2 is 2.18 bits per heavy atom. The number of hydrogen-bond donors (Lipinski definition) is 2. The first-order valence-electron chi connectivity index (χ1n) is 7.46. The van der Waals surface area contributed by atoms with E-state index in [0.717, 1.165) is 31.2 Å². The molecule has 1 aliphatic rings. The van der Waals surface area contributed by atoms with Crippen LogP contribution >= 0.6 is 0 Å². The number of aryl methyl sites for hydroxylation is 1. The normalized spacial score (nSPS) is 16.6. The largest absolute Gasteiger partial charge is 0.394 e. The molecular weight excluding hydrogens is 282 g/mol. The summed E-state index contributed by atoms with van der Waals surface area (Å²) in [5.74, 6) is 0.762. The lowest BCUT2D eigenvalue weighted by Gasteiger charge is -2.28. The van der Waals surface area contributed by atoms with Crippen molar-refractivity contribution >= 4 is 5.91 Å². The number of carbonyl (C=O) groups excluding carboxylic acids is 1. The van der Waals surface area contributed by atoms with Crippen LogP contribution in [-0.4, -0.2) is 33.3 Å². The summed E-state index contributed by atoms with van der Waals surface area (Å²) in [5, 5.41) is 16.5. The van der Waals surface area contributed by atoms with Gasteiger partial charge in [0.05, 0.1) is 12.1 Å². The third kappa shape index (κ3) is 2.87. The highest BCUT2D eigenvalue weighted by atomic mass is 16.5. The van der Waals surface area contributed by atoms with Gasteiger partial charge in [0.1, 0.15) is 0 Å². The predicted molar refractivity (Wildman–Crippen MR) is 80.2 cm³/mol. The molecule has 0 aliphatic heterocycles. The van der Waals surface area contributed by atoms with Gasteiger partial charge in [-0.2, -0.15) is 4.98 Å². The van der Waals surface area contributed by atoms with Crippen LogP contribution < -0.4 is 5.32 Å². The molecule has 0 bridgehead atoms. The molecule has 6 nitrogen and oxygen atoms in total. The highest BCUT2D eigenvalue weighted by Gasteiger charge is 2.34. The number of benzene rings is 1. The Morgan fingerprint density at radius 3 is 2.82 bits per heavy atom. The zero-order valence-electron chi connectivity index (χ0n) is 12.5. The van der Waals surface area contributed by atoms with Crippen molar-refractivity contribution in [2.24, 2.45) is 0 Å². The van der Waals surface area contributed by atoms with E-state index in [1.54, 1.807) is 25.1 Å². The monoisotopic (exact) mass is 301 g/mol. The molecule has 1 fully saturated rings. The maximum absolute atomic E-state index is 12.5. The number of nitrogens with one attached hydrogen (secondary N) is 1. The molecule has 22 heavy (non-hydrogen) atoms. The molecule has 1 aromatic heterocycles. The molecule has 1 saturated carbocycles. The number of rotatable bonds is 4. The summed E-state index contributed by atoms with van der Waals surface area (Å²) in [6, 6.07) is 7.10. The number of aliphatic hydroxyl groups excluding tert-OH is 1. The van der Waals surface area contributed by atoms with Crippen LogP contribution in [0.1, 0.15) is 41.9 Å². The fourth-order valence-electron chi connectivity index (χ4n) is 2.90. The molecular formula is C16H19N3O3. The summed E-state index contributed by atoms with van der Waals surface area (Å²) in [7, 11) is 0. The molecule has 2 aromatic rings. The molecule has 0 atom stereocenters. The Hall–Kier alpha value is -2.21. The maximum Gasteiger partial charge on any atom is 0.251 e. The van der Waals surface area contributed by atoms with E-state index < -0.39 is 5.54 Å². The zero-order chi connectivity index (χ0) is 15.6. The molecule has 1 aliphatic carbocycles. The van der Waals surface area contributed by atoms with Crippen molar-refractivity contribution < 1.29 is 14.4 Å². The van der Waals surface area contributed by atoms with E-state index in [1.165, 1.54) is 0 Å². The van der Waals surface area contributed by atoms with Gasteiger partial charge in [-0.1, -0.05) is 30.1 Å². The number of amides is 1. The number of nitrogens with zero attached hydrogens (tertiary/aromatic N) is 2. The van der Waals surface area contributed by atoms with Crippen LogP contribution in [-0.2, 0) is 0 Å². The Kier molecular flexibility index (Phi) is 3.94.